The molecule has 0 saturated heterocycles. The highest BCUT2D eigenvalue weighted by atomic mass is 35.5. The number of ether oxygens (including phenoxy) is 6. The second-order valence-electron chi connectivity index (χ2n) is 9.52. The van der Waals surface area contributed by atoms with Crippen LogP contribution in [0.3, 0.4) is 0 Å². The van der Waals surface area contributed by atoms with Crippen molar-refractivity contribution in [3.63, 3.8) is 0 Å². The van der Waals surface area contributed by atoms with Gasteiger partial charge in [-0.05, 0) is 69.2 Å². The van der Waals surface area contributed by atoms with Crippen LogP contribution in [0.4, 0.5) is 0 Å². The second-order valence-corrected chi connectivity index (χ2v) is 10.9. The number of benzene rings is 2. The van der Waals surface area contributed by atoms with Gasteiger partial charge in [-0.15, -0.1) is 0 Å². The van der Waals surface area contributed by atoms with E-state index in [0.717, 1.165) is 11.3 Å². The summed E-state index contributed by atoms with van der Waals surface area (Å²) >= 11 is 7.62. The van der Waals surface area contributed by atoms with Crippen LogP contribution in [0, 0.1) is 11.3 Å². The maximum absolute atomic E-state index is 14.1. The summed E-state index contributed by atoms with van der Waals surface area (Å²) in [7, 11) is 1.26. The van der Waals surface area contributed by atoms with Crippen LogP contribution in [0.1, 0.15) is 44.9 Å². The van der Waals surface area contributed by atoms with Gasteiger partial charge in [0.2, 0.25) is 0 Å². The summed E-state index contributed by atoms with van der Waals surface area (Å²) in [4.78, 5) is 44.1. The molecule has 2 heterocycles. The Balaban J connectivity index is 1.90. The Kier molecular flexibility index (Phi) is 11.5. The lowest BCUT2D eigenvalue weighted by Gasteiger charge is -2.25. The largest absolute Gasteiger partial charge is 0.490 e. The predicted molar refractivity (Wildman–Crippen MR) is 169 cm³/mol. The summed E-state index contributed by atoms with van der Waals surface area (Å²) in [6.45, 7) is 7.13. The molecular weight excluding hydrogens is 638 g/mol. The van der Waals surface area contributed by atoms with Crippen molar-refractivity contribution in [1.82, 2.24) is 4.57 Å². The molecule has 0 spiro atoms. The lowest BCUT2D eigenvalue weighted by Crippen LogP contribution is -2.40. The molecule has 12 nitrogen and oxygen atoms in total. The summed E-state index contributed by atoms with van der Waals surface area (Å²) in [5, 5.41) is 9.15. The number of fused-ring (bicyclic) bond motifs is 1. The smallest absolute Gasteiger partial charge is 0.343 e. The number of thiazole rings is 1. The van der Waals surface area contributed by atoms with E-state index in [4.69, 9.17) is 40.5 Å². The Morgan fingerprint density at radius 1 is 1.04 bits per heavy atom. The van der Waals surface area contributed by atoms with Gasteiger partial charge in [-0.25, -0.2) is 14.6 Å². The summed E-state index contributed by atoms with van der Waals surface area (Å²) < 4.78 is 34.4. The van der Waals surface area contributed by atoms with Crippen LogP contribution in [0.5, 0.6) is 23.0 Å². The zero-order valence-corrected chi connectivity index (χ0v) is 27.5. The number of carbonyl (C=O) groups excluding carboxylic acids is 2. The fraction of sp³-hybridized carbons (Fsp3) is 0.344. The molecule has 4 rings (SSSR count). The van der Waals surface area contributed by atoms with Crippen LogP contribution >= 0.6 is 22.9 Å². The average molecular weight is 670 g/mol. The summed E-state index contributed by atoms with van der Waals surface area (Å²) in [6, 6.07) is 9.18. The fourth-order valence-electron chi connectivity index (χ4n) is 4.71. The minimum Gasteiger partial charge on any atom is -0.490 e. The van der Waals surface area contributed by atoms with E-state index in [2.05, 4.69) is 9.73 Å². The van der Waals surface area contributed by atoms with Crippen molar-refractivity contribution in [3.8, 4) is 29.1 Å². The number of hydrogen-bond acceptors (Lipinski definition) is 12. The number of allylic oxidation sites excluding steroid dienone is 1. The normalized spacial score (nSPS) is 14.1. The van der Waals surface area contributed by atoms with Gasteiger partial charge in [0.05, 0.1) is 53.8 Å². The molecular formula is C32H32ClN3O9S. The highest BCUT2D eigenvalue weighted by molar-refractivity contribution is 7.07. The number of aromatic nitrogens is 1. The molecule has 0 bridgehead atoms. The Labute approximate surface area is 273 Å². The van der Waals surface area contributed by atoms with Crippen molar-refractivity contribution in [2.75, 3.05) is 40.1 Å². The van der Waals surface area contributed by atoms with Crippen LogP contribution in [0.15, 0.2) is 51.4 Å². The molecule has 1 aromatic heterocycles. The quantitative estimate of drug-likeness (QED) is 0.247. The highest BCUT2D eigenvalue weighted by Gasteiger charge is 2.34. The van der Waals surface area contributed by atoms with Crippen molar-refractivity contribution < 1.29 is 38.0 Å². The summed E-state index contributed by atoms with van der Waals surface area (Å²) in [5.74, 6) is -0.0522. The van der Waals surface area contributed by atoms with Crippen LogP contribution in [-0.4, -0.2) is 56.6 Å². The van der Waals surface area contributed by atoms with E-state index in [-0.39, 0.29) is 48.5 Å². The third-order valence-electron chi connectivity index (χ3n) is 6.58. The third-order valence-corrected chi connectivity index (χ3v) is 7.85. The number of nitriles is 1. The van der Waals surface area contributed by atoms with Gasteiger partial charge in [-0.1, -0.05) is 29.0 Å². The van der Waals surface area contributed by atoms with Crippen molar-refractivity contribution in [2.24, 2.45) is 4.99 Å². The minimum absolute atomic E-state index is 0.119. The van der Waals surface area contributed by atoms with Crippen LogP contribution < -0.4 is 33.8 Å². The molecule has 0 radical (unpaired) electrons. The maximum atomic E-state index is 14.1. The third kappa shape index (κ3) is 7.35. The van der Waals surface area contributed by atoms with Crippen molar-refractivity contribution in [1.29, 1.82) is 5.26 Å². The lowest BCUT2D eigenvalue weighted by molar-refractivity contribution is -0.143. The predicted octanol–water partition coefficient (Wildman–Crippen LogP) is 3.70. The van der Waals surface area contributed by atoms with Gasteiger partial charge in [0.15, 0.2) is 41.0 Å². The van der Waals surface area contributed by atoms with Crippen LogP contribution in [0.25, 0.3) is 6.08 Å². The standard InChI is InChI=1S/C32H32ClN3O9S/c1-6-41-23-16-20(9-10-22(23)45-17-26(37)40-5)28-27(31(39)43-8-3)18(4)35-32-36(28)30(38)25(46-32)15-19-13-21(33)29(44-12-11-34)24(14-19)42-7-2/h9-10,13-16,28H,6-8,12,17H2,1-5H3/b25-15-/t28-/m0/s1. The molecule has 0 saturated carbocycles. The molecule has 0 N–H and O–H groups in total. The van der Waals surface area contributed by atoms with E-state index < -0.39 is 23.5 Å². The van der Waals surface area contributed by atoms with Gasteiger partial charge in [0, 0.05) is 0 Å². The Morgan fingerprint density at radius 2 is 1.78 bits per heavy atom. The van der Waals surface area contributed by atoms with Gasteiger partial charge in [-0.3, -0.25) is 9.36 Å². The average Bonchev–Trinajstić information content (AvgIpc) is 3.33. The van der Waals surface area contributed by atoms with Crippen molar-refractivity contribution in [3.05, 3.63) is 77.4 Å². The Hall–Kier alpha value is -4.80. The van der Waals surface area contributed by atoms with Crippen LogP contribution in [0.2, 0.25) is 5.02 Å². The topological polar surface area (TPSA) is 148 Å². The Bertz CT molecular complexity index is 1890. The van der Waals surface area contributed by atoms with Gasteiger partial charge < -0.3 is 28.4 Å². The maximum Gasteiger partial charge on any atom is 0.343 e. The molecule has 242 valence electrons. The van der Waals surface area contributed by atoms with E-state index in [1.165, 1.54) is 11.7 Å². The number of halogens is 1. The molecule has 0 fully saturated rings. The zero-order chi connectivity index (χ0) is 33.4. The molecule has 14 heteroatoms. The Morgan fingerprint density at radius 3 is 2.46 bits per heavy atom. The molecule has 1 atom stereocenters. The fourth-order valence-corrected chi connectivity index (χ4v) is 6.04. The van der Waals surface area contributed by atoms with E-state index in [9.17, 15) is 14.4 Å². The summed E-state index contributed by atoms with van der Waals surface area (Å²) in [5.41, 5.74) is 1.24. The second kappa shape index (κ2) is 15.5. The molecule has 0 unspecified atom stereocenters. The molecule has 0 amide bonds. The molecule has 46 heavy (non-hydrogen) atoms. The number of rotatable bonds is 13. The van der Waals surface area contributed by atoms with E-state index in [1.54, 1.807) is 64.1 Å². The van der Waals surface area contributed by atoms with E-state index >= 15 is 0 Å². The number of hydrogen-bond donors (Lipinski definition) is 0. The van der Waals surface area contributed by atoms with Gasteiger partial charge in [0.25, 0.3) is 5.56 Å². The number of carbonyl (C=O) groups is 2. The summed E-state index contributed by atoms with van der Waals surface area (Å²) in [6.07, 6.45) is 1.64. The first kappa shape index (κ1) is 34.1. The molecule has 2 aromatic carbocycles. The monoisotopic (exact) mass is 669 g/mol. The molecule has 1 aliphatic heterocycles. The molecule has 0 aliphatic carbocycles. The van der Waals surface area contributed by atoms with E-state index in [1.807, 2.05) is 6.07 Å². The lowest BCUT2D eigenvalue weighted by atomic mass is 9.95. The van der Waals surface area contributed by atoms with Gasteiger partial charge in [-0.2, -0.15) is 5.26 Å². The number of nitrogens with zero attached hydrogens (tertiary/aromatic N) is 3. The minimum atomic E-state index is -0.921. The van der Waals surface area contributed by atoms with Gasteiger partial charge in [0.1, 0.15) is 6.07 Å². The number of esters is 2. The van der Waals surface area contributed by atoms with Gasteiger partial charge >= 0.3 is 11.9 Å². The first-order valence-electron chi connectivity index (χ1n) is 14.3. The van der Waals surface area contributed by atoms with E-state index in [0.29, 0.717) is 44.3 Å². The zero-order valence-electron chi connectivity index (χ0n) is 25.9. The van der Waals surface area contributed by atoms with Crippen LogP contribution in [-0.2, 0) is 19.1 Å². The first-order chi connectivity index (χ1) is 22.2. The van der Waals surface area contributed by atoms with Crippen molar-refractivity contribution >= 4 is 41.0 Å². The number of methoxy groups -OCH3 is 1. The molecule has 3 aromatic rings. The first-order valence-corrected chi connectivity index (χ1v) is 15.5. The highest BCUT2D eigenvalue weighted by Crippen LogP contribution is 2.38. The SMILES string of the molecule is CCOC(=O)C1=C(C)N=c2s/c(=C\c3cc(Cl)c(OCC#N)c(OCC)c3)c(=O)n2[C@H]1c1ccc(OCC(=O)OC)c(OCC)c1. The van der Waals surface area contributed by atoms with Crippen molar-refractivity contribution in [2.45, 2.75) is 33.7 Å². The molecule has 1 aliphatic rings.